The molecular weight excluding hydrogens is 305 g/mol. The molecule has 1 aromatic carbocycles. The van der Waals surface area contributed by atoms with Crippen molar-refractivity contribution < 1.29 is 9.53 Å². The van der Waals surface area contributed by atoms with E-state index in [9.17, 15) is 4.79 Å². The first kappa shape index (κ1) is 14.3. The summed E-state index contributed by atoms with van der Waals surface area (Å²) in [5.74, 6) is -0.424. The van der Waals surface area contributed by atoms with Crippen LogP contribution in [-0.4, -0.2) is 17.6 Å². The maximum absolute atomic E-state index is 11.8. The van der Waals surface area contributed by atoms with Crippen LogP contribution in [0.4, 0.5) is 0 Å². The van der Waals surface area contributed by atoms with Crippen LogP contribution < -0.4 is 0 Å². The van der Waals surface area contributed by atoms with E-state index < -0.39 is 5.97 Å². The van der Waals surface area contributed by atoms with Gasteiger partial charge in [-0.3, -0.25) is 0 Å². The lowest BCUT2D eigenvalue weighted by Crippen LogP contribution is -2.08. The molecule has 0 bridgehead atoms. The second-order valence-electron chi connectivity index (χ2n) is 3.90. The molecule has 100 valence electrons. The van der Waals surface area contributed by atoms with Gasteiger partial charge in [0.2, 0.25) is 0 Å². The van der Waals surface area contributed by atoms with Gasteiger partial charge in [0.05, 0.1) is 23.4 Å². The molecule has 0 aliphatic rings. The van der Waals surface area contributed by atoms with Crippen LogP contribution in [0.25, 0.3) is 0 Å². The number of halogens is 2. The highest BCUT2D eigenvalue weighted by Crippen LogP contribution is 2.20. The molecule has 0 unspecified atom stereocenters. The third-order valence-electron chi connectivity index (χ3n) is 2.51. The number of aromatic nitrogens is 1. The highest BCUT2D eigenvalue weighted by atomic mass is 35.5. The Morgan fingerprint density at radius 2 is 2.00 bits per heavy atom. The number of hydrogen-bond acceptors (Lipinski definition) is 4. The van der Waals surface area contributed by atoms with Gasteiger partial charge in [-0.25, -0.2) is 9.78 Å². The first-order chi connectivity index (χ1) is 9.06. The summed E-state index contributed by atoms with van der Waals surface area (Å²) in [4.78, 5) is 17.1. The molecule has 0 aliphatic carbocycles. The molecule has 0 saturated carbocycles. The van der Waals surface area contributed by atoms with Crippen LogP contribution in [-0.2, 0) is 11.2 Å². The average Bonchev–Trinajstić information content (AvgIpc) is 2.74. The number of aryl methyl sites for hydroxylation is 1. The molecule has 0 aliphatic heterocycles. The zero-order chi connectivity index (χ0) is 13.8. The highest BCUT2D eigenvalue weighted by Gasteiger charge is 2.10. The molecular formula is C13H11Cl2NO2S. The minimum Gasteiger partial charge on any atom is -0.462 e. The molecule has 0 N–H and O–H groups in total. The van der Waals surface area contributed by atoms with Crippen LogP contribution in [0.2, 0.25) is 10.0 Å². The lowest BCUT2D eigenvalue weighted by atomic mass is 10.2. The molecule has 1 aromatic heterocycles. The van der Waals surface area contributed by atoms with Crippen molar-refractivity contribution in [3.8, 4) is 0 Å². The van der Waals surface area contributed by atoms with Gasteiger partial charge in [-0.15, -0.1) is 11.3 Å². The van der Waals surface area contributed by atoms with Crippen molar-refractivity contribution in [2.75, 3.05) is 6.61 Å². The fourth-order valence-corrected chi connectivity index (χ4v) is 2.85. The van der Waals surface area contributed by atoms with Gasteiger partial charge in [-0.2, -0.15) is 0 Å². The summed E-state index contributed by atoms with van der Waals surface area (Å²) in [6, 6.07) is 4.64. The van der Waals surface area contributed by atoms with Crippen LogP contribution in [0, 0.1) is 6.92 Å². The molecule has 0 amide bonds. The zero-order valence-corrected chi connectivity index (χ0v) is 12.5. The molecule has 0 spiro atoms. The summed E-state index contributed by atoms with van der Waals surface area (Å²) in [6.45, 7) is 2.25. The topological polar surface area (TPSA) is 39.2 Å². The number of carbonyl (C=O) groups is 1. The Balaban J connectivity index is 1.92. The highest BCUT2D eigenvalue weighted by molar-refractivity contribution is 7.09. The van der Waals surface area contributed by atoms with Crippen molar-refractivity contribution in [1.82, 2.24) is 4.98 Å². The Kier molecular flexibility index (Phi) is 4.80. The van der Waals surface area contributed by atoms with E-state index in [4.69, 9.17) is 27.9 Å². The molecule has 1 heterocycles. The molecule has 6 heteroatoms. The van der Waals surface area contributed by atoms with Gasteiger partial charge in [0.25, 0.3) is 0 Å². The third-order valence-corrected chi connectivity index (χ3v) is 3.94. The van der Waals surface area contributed by atoms with E-state index in [1.165, 1.54) is 12.1 Å². The largest absolute Gasteiger partial charge is 0.462 e. The van der Waals surface area contributed by atoms with Crippen LogP contribution in [0.15, 0.2) is 23.7 Å². The minimum absolute atomic E-state index is 0.312. The van der Waals surface area contributed by atoms with Crippen molar-refractivity contribution in [3.63, 3.8) is 0 Å². The van der Waals surface area contributed by atoms with Gasteiger partial charge in [0, 0.05) is 21.3 Å². The fourth-order valence-electron chi connectivity index (χ4n) is 1.56. The van der Waals surface area contributed by atoms with Crippen molar-refractivity contribution in [1.29, 1.82) is 0 Å². The lowest BCUT2D eigenvalue weighted by Gasteiger charge is -2.05. The van der Waals surface area contributed by atoms with E-state index in [2.05, 4.69) is 4.98 Å². The fraction of sp³-hybridized carbons (Fsp3) is 0.231. The van der Waals surface area contributed by atoms with Gasteiger partial charge >= 0.3 is 5.97 Å². The van der Waals surface area contributed by atoms with Gasteiger partial charge in [0.15, 0.2) is 0 Å². The summed E-state index contributed by atoms with van der Waals surface area (Å²) in [5.41, 5.74) is 3.12. The minimum atomic E-state index is -0.424. The smallest absolute Gasteiger partial charge is 0.338 e. The van der Waals surface area contributed by atoms with Gasteiger partial charge in [-0.1, -0.05) is 23.2 Å². The van der Waals surface area contributed by atoms with E-state index in [0.29, 0.717) is 28.6 Å². The molecule has 0 saturated heterocycles. The van der Waals surface area contributed by atoms with Crippen molar-refractivity contribution in [3.05, 3.63) is 49.9 Å². The Bertz CT molecular complexity index is 578. The summed E-state index contributed by atoms with van der Waals surface area (Å²) >= 11 is 13.2. The summed E-state index contributed by atoms with van der Waals surface area (Å²) in [5, 5.41) is 0.829. The SMILES string of the molecule is Cc1ncsc1CCOC(=O)c1cc(Cl)cc(Cl)c1. The van der Waals surface area contributed by atoms with E-state index in [-0.39, 0.29) is 0 Å². The number of benzene rings is 1. The Morgan fingerprint density at radius 1 is 1.32 bits per heavy atom. The third kappa shape index (κ3) is 3.93. The predicted octanol–water partition coefficient (Wildman–Crippen LogP) is 4.16. The standard InChI is InChI=1S/C13H11Cl2NO2S/c1-8-12(19-7-16-8)2-3-18-13(17)9-4-10(14)6-11(15)5-9/h4-7H,2-3H2,1H3. The quantitative estimate of drug-likeness (QED) is 0.795. The molecule has 19 heavy (non-hydrogen) atoms. The zero-order valence-electron chi connectivity index (χ0n) is 10.2. The van der Waals surface area contributed by atoms with Gasteiger partial charge < -0.3 is 4.74 Å². The van der Waals surface area contributed by atoms with E-state index >= 15 is 0 Å². The molecule has 0 fully saturated rings. The summed E-state index contributed by atoms with van der Waals surface area (Å²) < 4.78 is 5.19. The normalized spacial score (nSPS) is 10.5. The molecule has 2 rings (SSSR count). The first-order valence-electron chi connectivity index (χ1n) is 5.58. The second-order valence-corrected chi connectivity index (χ2v) is 5.72. The van der Waals surface area contributed by atoms with Crippen LogP contribution in [0.1, 0.15) is 20.9 Å². The molecule has 3 nitrogen and oxygen atoms in total. The monoisotopic (exact) mass is 315 g/mol. The van der Waals surface area contributed by atoms with Crippen LogP contribution in [0.3, 0.4) is 0 Å². The van der Waals surface area contributed by atoms with Crippen molar-refractivity contribution >= 4 is 40.5 Å². The van der Waals surface area contributed by atoms with Crippen molar-refractivity contribution in [2.24, 2.45) is 0 Å². The number of rotatable bonds is 4. The van der Waals surface area contributed by atoms with Crippen molar-refractivity contribution in [2.45, 2.75) is 13.3 Å². The Morgan fingerprint density at radius 3 is 2.58 bits per heavy atom. The Labute approximate surface area is 125 Å². The average molecular weight is 316 g/mol. The van der Waals surface area contributed by atoms with E-state index in [1.54, 1.807) is 22.9 Å². The maximum atomic E-state index is 11.8. The number of carbonyl (C=O) groups excluding carboxylic acids is 1. The lowest BCUT2D eigenvalue weighted by molar-refractivity contribution is 0.0510. The van der Waals surface area contributed by atoms with E-state index in [0.717, 1.165) is 10.6 Å². The van der Waals surface area contributed by atoms with Gasteiger partial charge in [-0.05, 0) is 25.1 Å². The summed E-state index contributed by atoms with van der Waals surface area (Å²) in [6.07, 6.45) is 0.663. The van der Waals surface area contributed by atoms with Gasteiger partial charge in [0.1, 0.15) is 0 Å². The van der Waals surface area contributed by atoms with E-state index in [1.807, 2.05) is 6.92 Å². The number of thiazole rings is 1. The van der Waals surface area contributed by atoms with Crippen LogP contribution >= 0.6 is 34.5 Å². The number of ether oxygens (including phenoxy) is 1. The Hall–Kier alpha value is -1.10. The molecule has 2 aromatic rings. The number of nitrogens with zero attached hydrogens (tertiary/aromatic N) is 1. The maximum Gasteiger partial charge on any atom is 0.338 e. The molecule has 0 radical (unpaired) electrons. The summed E-state index contributed by atoms with van der Waals surface area (Å²) in [7, 11) is 0. The predicted molar refractivity (Wildman–Crippen MR) is 77.3 cm³/mol. The first-order valence-corrected chi connectivity index (χ1v) is 7.22. The number of esters is 1. The number of hydrogen-bond donors (Lipinski definition) is 0. The molecule has 0 atom stereocenters. The second kappa shape index (κ2) is 6.37. The van der Waals surface area contributed by atoms with Crippen LogP contribution in [0.5, 0.6) is 0 Å².